The molecule has 2 aromatic carbocycles. The number of hydrogen-bond acceptors (Lipinski definition) is 12. The maximum Gasteiger partial charge on any atom is 0.336 e. The number of benzene rings is 2. The number of carbonyl (C=O) groups is 4. The topological polar surface area (TPSA) is 186 Å². The summed E-state index contributed by atoms with van der Waals surface area (Å²) in [5.74, 6) is -7.07. The first kappa shape index (κ1) is 38.2. The van der Waals surface area contributed by atoms with Gasteiger partial charge in [0, 0.05) is 28.8 Å². The summed E-state index contributed by atoms with van der Waals surface area (Å²) in [5, 5.41) is 32.5. The molecule has 2 unspecified atom stereocenters. The van der Waals surface area contributed by atoms with Gasteiger partial charge >= 0.3 is 23.9 Å². The predicted molar refractivity (Wildman–Crippen MR) is 179 cm³/mol. The van der Waals surface area contributed by atoms with E-state index in [1.807, 2.05) is 14.1 Å². The minimum Gasteiger partial charge on any atom is -0.481 e. The number of halogens is 2. The third-order valence-corrected chi connectivity index (χ3v) is 9.69. The lowest BCUT2D eigenvalue weighted by Gasteiger charge is -2.40. The minimum absolute atomic E-state index is 0.179. The second-order valence-electron chi connectivity index (χ2n) is 11.8. The van der Waals surface area contributed by atoms with Crippen LogP contribution < -0.4 is 5.32 Å². The van der Waals surface area contributed by atoms with Crippen LogP contribution in [0.15, 0.2) is 47.0 Å². The van der Waals surface area contributed by atoms with E-state index in [0.29, 0.717) is 46.5 Å². The van der Waals surface area contributed by atoms with Gasteiger partial charge in [0.05, 0.1) is 39.2 Å². The first-order chi connectivity index (χ1) is 22.2. The average Bonchev–Trinajstić information content (AvgIpc) is 2.98. The van der Waals surface area contributed by atoms with Crippen LogP contribution in [0.5, 0.6) is 0 Å². The minimum atomic E-state index is -2.97. The molecular weight excluding hydrogens is 675 g/mol. The Balaban J connectivity index is 1.84. The zero-order chi connectivity index (χ0) is 34.8. The van der Waals surface area contributed by atoms with Crippen molar-refractivity contribution in [1.82, 2.24) is 9.80 Å². The quantitative estimate of drug-likeness (QED) is 0.0730. The maximum absolute atomic E-state index is 13.6. The molecule has 0 aliphatic carbocycles. The number of carboxylic acid groups (broad SMARTS) is 2. The first-order valence-electron chi connectivity index (χ1n) is 14.8. The predicted octanol–water partition coefficient (Wildman–Crippen LogP) is 5.16. The van der Waals surface area contributed by atoms with Crippen LogP contribution in [0.2, 0.25) is 10.0 Å². The van der Waals surface area contributed by atoms with E-state index < -0.39 is 48.2 Å². The average molecular weight is 714 g/mol. The number of anilines is 2. The summed E-state index contributed by atoms with van der Waals surface area (Å²) in [6.07, 6.45) is -0.338. The van der Waals surface area contributed by atoms with Crippen molar-refractivity contribution in [3.63, 3.8) is 0 Å². The number of nitrogens with one attached hydrogen (secondary N) is 1. The lowest BCUT2D eigenvalue weighted by atomic mass is 9.91. The molecule has 4 N–H and O–H groups in total. The summed E-state index contributed by atoms with van der Waals surface area (Å²) < 4.78 is 7.84. The van der Waals surface area contributed by atoms with E-state index in [-0.39, 0.29) is 11.2 Å². The fourth-order valence-corrected chi connectivity index (χ4v) is 6.80. The van der Waals surface area contributed by atoms with E-state index in [0.717, 1.165) is 37.9 Å². The SMILES string of the molecule is CN1CCC(CN(C)CCCC(C(=O)OC(=O)CC(O)(CC(=O)O)C(=O)O)c2ccccc2Nc2c(Cl)cccc2Cl)(SN=O)CC1. The van der Waals surface area contributed by atoms with E-state index in [1.54, 1.807) is 42.5 Å². The molecule has 1 aliphatic heterocycles. The molecule has 1 saturated heterocycles. The van der Waals surface area contributed by atoms with Crippen LogP contribution >= 0.6 is 35.1 Å². The molecule has 1 aliphatic rings. The summed E-state index contributed by atoms with van der Waals surface area (Å²) in [6.45, 7) is 2.77. The molecule has 0 amide bonds. The number of aliphatic carboxylic acids is 2. The largest absolute Gasteiger partial charge is 0.481 e. The number of nitrogens with zero attached hydrogens (tertiary/aromatic N) is 3. The van der Waals surface area contributed by atoms with Crippen molar-refractivity contribution in [2.75, 3.05) is 45.6 Å². The van der Waals surface area contributed by atoms with Crippen LogP contribution in [-0.4, -0.2) is 99.6 Å². The van der Waals surface area contributed by atoms with Crippen LogP contribution in [0.3, 0.4) is 0 Å². The number of likely N-dealkylation sites (tertiary alicyclic amines) is 1. The zero-order valence-corrected chi connectivity index (χ0v) is 28.3. The van der Waals surface area contributed by atoms with Gasteiger partial charge < -0.3 is 35.2 Å². The Hall–Kier alpha value is -3.27. The molecule has 0 spiro atoms. The van der Waals surface area contributed by atoms with Gasteiger partial charge in [-0.1, -0.05) is 47.5 Å². The van der Waals surface area contributed by atoms with E-state index in [4.69, 9.17) is 33.0 Å². The van der Waals surface area contributed by atoms with Crippen molar-refractivity contribution in [2.24, 2.45) is 4.58 Å². The Labute approximate surface area is 286 Å². The van der Waals surface area contributed by atoms with E-state index in [1.165, 1.54) is 0 Å². The molecule has 1 fully saturated rings. The number of hydrogen-bond donors (Lipinski definition) is 4. The number of carboxylic acids is 2. The molecule has 1 heterocycles. The van der Waals surface area contributed by atoms with Crippen molar-refractivity contribution < 1.29 is 39.2 Å². The second-order valence-corrected chi connectivity index (χ2v) is 13.8. The highest BCUT2D eigenvalue weighted by Crippen LogP contribution is 2.39. The van der Waals surface area contributed by atoms with Crippen LogP contribution in [-0.2, 0) is 23.9 Å². The maximum atomic E-state index is 13.6. The third-order valence-electron chi connectivity index (χ3n) is 8.06. The molecule has 13 nitrogen and oxygen atoms in total. The highest BCUT2D eigenvalue weighted by atomic mass is 35.5. The molecular formula is C31H38Cl2N4O9S. The fourth-order valence-electron chi connectivity index (χ4n) is 5.51. The summed E-state index contributed by atoms with van der Waals surface area (Å²) in [6, 6.07) is 11.7. The van der Waals surface area contributed by atoms with Gasteiger partial charge in [-0.25, -0.2) is 4.79 Å². The van der Waals surface area contributed by atoms with Crippen molar-refractivity contribution in [2.45, 2.75) is 54.8 Å². The lowest BCUT2D eigenvalue weighted by Crippen LogP contribution is -2.47. The number of rotatable bonds is 17. The third kappa shape index (κ3) is 10.9. The first-order valence-corrected chi connectivity index (χ1v) is 16.3. The van der Waals surface area contributed by atoms with Crippen LogP contribution in [0.1, 0.15) is 50.0 Å². The van der Waals surface area contributed by atoms with Crippen molar-refractivity contribution in [3.05, 3.63) is 63.0 Å². The normalized spacial score (nSPS) is 16.6. The van der Waals surface area contributed by atoms with Gasteiger partial charge in [-0.15, -0.1) is 4.91 Å². The highest BCUT2D eigenvalue weighted by molar-refractivity contribution is 7.99. The van der Waals surface area contributed by atoms with Crippen molar-refractivity contribution in [1.29, 1.82) is 0 Å². The number of piperidine rings is 1. The Morgan fingerprint density at radius 2 is 1.72 bits per heavy atom. The molecule has 0 aromatic heterocycles. The van der Waals surface area contributed by atoms with Gasteiger partial charge in [-0.2, -0.15) is 0 Å². The molecule has 47 heavy (non-hydrogen) atoms. The number of para-hydroxylation sites is 2. The van der Waals surface area contributed by atoms with Gasteiger partial charge in [0.1, 0.15) is 0 Å². The Morgan fingerprint density at radius 3 is 2.32 bits per heavy atom. The van der Waals surface area contributed by atoms with Gasteiger partial charge in [0.2, 0.25) is 0 Å². The van der Waals surface area contributed by atoms with Crippen LogP contribution in [0.4, 0.5) is 11.4 Å². The smallest absolute Gasteiger partial charge is 0.336 e. The molecule has 2 aromatic rings. The molecule has 256 valence electrons. The fraction of sp³-hybridized carbons (Fsp3) is 0.484. The number of carbonyl (C=O) groups excluding carboxylic acids is 2. The number of aliphatic hydroxyl groups is 1. The van der Waals surface area contributed by atoms with E-state index >= 15 is 0 Å². The highest BCUT2D eigenvalue weighted by Gasteiger charge is 2.42. The van der Waals surface area contributed by atoms with Crippen molar-refractivity contribution >= 4 is 70.4 Å². The van der Waals surface area contributed by atoms with Crippen LogP contribution in [0, 0.1) is 4.91 Å². The van der Waals surface area contributed by atoms with Gasteiger partial charge in [0.15, 0.2) is 5.60 Å². The number of ether oxygens (including phenoxy) is 1. The van der Waals surface area contributed by atoms with Gasteiger partial charge in [-0.05, 0) is 83.2 Å². The molecule has 0 saturated carbocycles. The Morgan fingerprint density at radius 1 is 1.09 bits per heavy atom. The lowest BCUT2D eigenvalue weighted by molar-refractivity contribution is -0.175. The van der Waals surface area contributed by atoms with Crippen molar-refractivity contribution in [3.8, 4) is 0 Å². The number of esters is 2. The molecule has 0 bridgehead atoms. The molecule has 3 rings (SSSR count). The summed E-state index contributed by atoms with van der Waals surface area (Å²) in [4.78, 5) is 64.5. The Kier molecular flexibility index (Phi) is 14.0. The van der Waals surface area contributed by atoms with Gasteiger partial charge in [0.25, 0.3) is 0 Å². The molecule has 16 heteroatoms. The summed E-state index contributed by atoms with van der Waals surface area (Å²) in [7, 11) is 3.93. The summed E-state index contributed by atoms with van der Waals surface area (Å²) >= 11 is 13.8. The van der Waals surface area contributed by atoms with E-state index in [2.05, 4.69) is 19.7 Å². The molecule has 0 radical (unpaired) electrons. The zero-order valence-electron chi connectivity index (χ0n) is 26.0. The van der Waals surface area contributed by atoms with Crippen LogP contribution in [0.25, 0.3) is 0 Å². The molecule has 2 atom stereocenters. The Bertz CT molecular complexity index is 1440. The van der Waals surface area contributed by atoms with E-state index in [9.17, 15) is 34.3 Å². The standard InChI is InChI=1S/C31H38Cl2N4O9S/c1-36-15-12-30(13-16-36,47-35-45)19-37(2)14-6-8-21(28(41)46-26(40)18-31(44,29(42)43)17-25(38)39)20-7-3-4-11-24(20)34-27-22(32)9-5-10-23(27)33/h3-5,7,9-11,21,34,44H,6,8,12-19H2,1-2H3,(H,38,39)(H,42,43). The monoisotopic (exact) mass is 712 g/mol. The summed E-state index contributed by atoms with van der Waals surface area (Å²) in [5.41, 5.74) is -1.72. The second kappa shape index (κ2) is 17.2. The number of nitroso groups, excluding NO2 is 1. The van der Waals surface area contributed by atoms with Gasteiger partial charge in [-0.3, -0.25) is 14.4 Å².